The van der Waals surface area contributed by atoms with Crippen LogP contribution in [0, 0.1) is 13.8 Å². The van der Waals surface area contributed by atoms with Gasteiger partial charge in [-0.2, -0.15) is 0 Å². The van der Waals surface area contributed by atoms with Crippen LogP contribution in [0.4, 0.5) is 5.95 Å². The van der Waals surface area contributed by atoms with Crippen molar-refractivity contribution in [1.82, 2.24) is 9.97 Å². The molecule has 1 amide bonds. The number of amides is 1. The van der Waals surface area contributed by atoms with E-state index in [-0.39, 0.29) is 11.9 Å². The molecular weight excluding hydrogens is 386 g/mol. The first-order valence-electron chi connectivity index (χ1n) is 9.05. The van der Waals surface area contributed by atoms with Gasteiger partial charge in [0.05, 0.1) is 11.1 Å². The van der Waals surface area contributed by atoms with E-state index in [4.69, 9.17) is 9.15 Å². The molecule has 0 bridgehead atoms. The minimum absolute atomic E-state index is 0.227. The first kappa shape index (κ1) is 18.9. The number of nitrogens with zero attached hydrogens (tertiary/aromatic N) is 2. The molecule has 4 aromatic rings. The summed E-state index contributed by atoms with van der Waals surface area (Å²) in [6, 6.07) is 13.1. The lowest BCUT2D eigenvalue weighted by molar-refractivity contribution is 0.102. The molecule has 29 heavy (non-hydrogen) atoms. The predicted molar refractivity (Wildman–Crippen MR) is 112 cm³/mol. The molecule has 0 unspecified atom stereocenters. The van der Waals surface area contributed by atoms with Gasteiger partial charge in [-0.05, 0) is 60.7 Å². The SMILES string of the molecule is Cc1cccc(OCc2csc(C(=O)Nc3nccc(-c4ccco4)n3)c2)c1C. The van der Waals surface area contributed by atoms with E-state index in [1.54, 1.807) is 30.7 Å². The zero-order chi connectivity index (χ0) is 20.2. The number of hydrogen-bond acceptors (Lipinski definition) is 6. The van der Waals surface area contributed by atoms with Crippen molar-refractivity contribution in [3.63, 3.8) is 0 Å². The molecule has 0 fully saturated rings. The molecule has 0 aliphatic heterocycles. The number of rotatable bonds is 6. The Morgan fingerprint density at radius 2 is 2.10 bits per heavy atom. The number of furan rings is 1. The number of nitrogens with one attached hydrogen (secondary N) is 1. The smallest absolute Gasteiger partial charge is 0.268 e. The molecule has 6 nitrogen and oxygen atoms in total. The van der Waals surface area contributed by atoms with Crippen molar-refractivity contribution in [1.29, 1.82) is 0 Å². The Labute approximate surface area is 172 Å². The summed E-state index contributed by atoms with van der Waals surface area (Å²) in [6.45, 7) is 4.49. The van der Waals surface area contributed by atoms with Crippen LogP contribution in [0.5, 0.6) is 5.75 Å². The van der Waals surface area contributed by atoms with E-state index in [2.05, 4.69) is 28.3 Å². The monoisotopic (exact) mass is 405 g/mol. The molecule has 0 saturated carbocycles. The number of thiophene rings is 1. The predicted octanol–water partition coefficient (Wildman–Crippen LogP) is 5.25. The van der Waals surface area contributed by atoms with Crippen LogP contribution in [-0.4, -0.2) is 15.9 Å². The lowest BCUT2D eigenvalue weighted by atomic mass is 10.1. The Balaban J connectivity index is 1.41. The Kier molecular flexibility index (Phi) is 5.39. The molecule has 0 aliphatic carbocycles. The second kappa shape index (κ2) is 8.28. The third-order valence-corrected chi connectivity index (χ3v) is 5.46. The maximum Gasteiger partial charge on any atom is 0.268 e. The highest BCUT2D eigenvalue weighted by molar-refractivity contribution is 7.12. The van der Waals surface area contributed by atoms with Crippen LogP contribution in [0.3, 0.4) is 0 Å². The molecule has 1 aromatic carbocycles. The van der Waals surface area contributed by atoms with Gasteiger partial charge < -0.3 is 9.15 Å². The highest BCUT2D eigenvalue weighted by atomic mass is 32.1. The van der Waals surface area contributed by atoms with Gasteiger partial charge in [0.15, 0.2) is 5.76 Å². The summed E-state index contributed by atoms with van der Waals surface area (Å²) in [5.41, 5.74) is 3.85. The number of aromatic nitrogens is 2. The summed E-state index contributed by atoms with van der Waals surface area (Å²) in [6.07, 6.45) is 3.15. The van der Waals surface area contributed by atoms with Crippen molar-refractivity contribution in [2.45, 2.75) is 20.5 Å². The van der Waals surface area contributed by atoms with E-state index in [0.29, 0.717) is 22.9 Å². The molecule has 0 aliphatic rings. The van der Waals surface area contributed by atoms with E-state index >= 15 is 0 Å². The topological polar surface area (TPSA) is 77.2 Å². The maximum atomic E-state index is 12.6. The van der Waals surface area contributed by atoms with E-state index < -0.39 is 0 Å². The summed E-state index contributed by atoms with van der Waals surface area (Å²) in [4.78, 5) is 21.6. The van der Waals surface area contributed by atoms with Gasteiger partial charge in [0.2, 0.25) is 5.95 Å². The van der Waals surface area contributed by atoms with E-state index in [1.807, 2.05) is 30.5 Å². The van der Waals surface area contributed by atoms with Crippen LogP contribution in [-0.2, 0) is 6.61 Å². The van der Waals surface area contributed by atoms with E-state index in [1.165, 1.54) is 16.9 Å². The van der Waals surface area contributed by atoms with Gasteiger partial charge in [0.25, 0.3) is 5.91 Å². The van der Waals surface area contributed by atoms with Crippen LogP contribution >= 0.6 is 11.3 Å². The number of anilines is 1. The number of ether oxygens (including phenoxy) is 1. The standard InChI is InChI=1S/C22H19N3O3S/c1-14-5-3-6-18(15(14)2)28-12-16-11-20(29-13-16)21(26)25-22-23-9-8-17(24-22)19-7-4-10-27-19/h3-11,13H,12H2,1-2H3,(H,23,24,25,26). The van der Waals surface area contributed by atoms with Crippen LogP contribution in [0.2, 0.25) is 0 Å². The fourth-order valence-electron chi connectivity index (χ4n) is 2.76. The van der Waals surface area contributed by atoms with Crippen LogP contribution in [0.15, 0.2) is 64.7 Å². The summed E-state index contributed by atoms with van der Waals surface area (Å²) in [5, 5.41) is 4.65. The number of carbonyl (C=O) groups excluding carboxylic acids is 1. The van der Waals surface area contributed by atoms with Crippen LogP contribution < -0.4 is 10.1 Å². The number of hydrogen-bond donors (Lipinski definition) is 1. The maximum absolute atomic E-state index is 12.6. The third-order valence-electron chi connectivity index (χ3n) is 4.48. The van der Waals surface area contributed by atoms with Gasteiger partial charge in [-0.1, -0.05) is 12.1 Å². The van der Waals surface area contributed by atoms with E-state index in [9.17, 15) is 4.79 Å². The summed E-state index contributed by atoms with van der Waals surface area (Å²) < 4.78 is 11.2. The van der Waals surface area contributed by atoms with Crippen LogP contribution in [0.1, 0.15) is 26.4 Å². The largest absolute Gasteiger partial charge is 0.489 e. The molecule has 7 heteroatoms. The van der Waals surface area contributed by atoms with Crippen molar-refractivity contribution in [3.05, 3.63) is 81.9 Å². The molecule has 0 radical (unpaired) electrons. The molecule has 1 N–H and O–H groups in total. The Morgan fingerprint density at radius 1 is 1.21 bits per heavy atom. The summed E-state index contributed by atoms with van der Waals surface area (Å²) >= 11 is 1.36. The summed E-state index contributed by atoms with van der Waals surface area (Å²) in [7, 11) is 0. The second-order valence-electron chi connectivity index (χ2n) is 6.50. The van der Waals surface area contributed by atoms with Crippen molar-refractivity contribution < 1.29 is 13.9 Å². The average molecular weight is 405 g/mol. The van der Waals surface area contributed by atoms with Crippen molar-refractivity contribution in [2.24, 2.45) is 0 Å². The van der Waals surface area contributed by atoms with Gasteiger partial charge in [0.1, 0.15) is 18.1 Å². The fraction of sp³-hybridized carbons (Fsp3) is 0.136. The second-order valence-corrected chi connectivity index (χ2v) is 7.41. The lowest BCUT2D eigenvalue weighted by Gasteiger charge is -2.09. The first-order valence-corrected chi connectivity index (χ1v) is 9.93. The van der Waals surface area contributed by atoms with Gasteiger partial charge in [-0.3, -0.25) is 10.1 Å². The molecule has 0 atom stereocenters. The molecule has 3 aromatic heterocycles. The highest BCUT2D eigenvalue weighted by Gasteiger charge is 2.13. The minimum Gasteiger partial charge on any atom is -0.489 e. The van der Waals surface area contributed by atoms with Gasteiger partial charge >= 0.3 is 0 Å². The van der Waals surface area contributed by atoms with Crippen LogP contribution in [0.25, 0.3) is 11.5 Å². The molecule has 0 spiro atoms. The Bertz CT molecular complexity index is 1140. The number of carbonyl (C=O) groups is 1. The number of benzene rings is 1. The molecule has 4 rings (SSSR count). The molecular formula is C22H19N3O3S. The van der Waals surface area contributed by atoms with Gasteiger partial charge in [-0.15, -0.1) is 11.3 Å². The van der Waals surface area contributed by atoms with Crippen molar-refractivity contribution in [3.8, 4) is 17.2 Å². The Hall–Kier alpha value is -3.45. The van der Waals surface area contributed by atoms with Crippen molar-refractivity contribution >= 4 is 23.2 Å². The number of aryl methyl sites for hydroxylation is 1. The summed E-state index contributed by atoms with van der Waals surface area (Å²) in [5.74, 6) is 1.44. The first-order chi connectivity index (χ1) is 14.1. The Morgan fingerprint density at radius 3 is 2.93 bits per heavy atom. The van der Waals surface area contributed by atoms with Gasteiger partial charge in [-0.25, -0.2) is 9.97 Å². The van der Waals surface area contributed by atoms with Crippen molar-refractivity contribution in [2.75, 3.05) is 5.32 Å². The van der Waals surface area contributed by atoms with E-state index in [0.717, 1.165) is 16.9 Å². The minimum atomic E-state index is -0.260. The third kappa shape index (κ3) is 4.35. The molecule has 3 heterocycles. The average Bonchev–Trinajstić information content (AvgIpc) is 3.42. The zero-order valence-corrected chi connectivity index (χ0v) is 16.8. The zero-order valence-electron chi connectivity index (χ0n) is 16.0. The van der Waals surface area contributed by atoms with Gasteiger partial charge in [0, 0.05) is 11.8 Å². The molecule has 0 saturated heterocycles. The molecule has 146 valence electrons. The lowest BCUT2D eigenvalue weighted by Crippen LogP contribution is -2.13. The fourth-order valence-corrected chi connectivity index (χ4v) is 3.55. The normalized spacial score (nSPS) is 10.7. The quantitative estimate of drug-likeness (QED) is 0.474. The highest BCUT2D eigenvalue weighted by Crippen LogP contribution is 2.23.